The van der Waals surface area contributed by atoms with Crippen LogP contribution in [0, 0.1) is 34.0 Å². The number of piperazine rings is 1. The smallest absolute Gasteiger partial charge is 0.172 e. The van der Waals surface area contributed by atoms with Crippen molar-refractivity contribution in [2.45, 2.75) is 24.2 Å². The van der Waals surface area contributed by atoms with E-state index in [9.17, 15) is 5.26 Å². The zero-order valence-corrected chi connectivity index (χ0v) is 21.4. The molecule has 1 aromatic carbocycles. The number of hydrogen-bond acceptors (Lipinski definition) is 8. The summed E-state index contributed by atoms with van der Waals surface area (Å²) in [5.41, 5.74) is 1.95. The minimum atomic E-state index is -0.817. The van der Waals surface area contributed by atoms with E-state index in [4.69, 9.17) is 40.5 Å². The molecule has 0 aliphatic carbocycles. The van der Waals surface area contributed by atoms with Crippen molar-refractivity contribution in [3.8, 4) is 18.2 Å². The van der Waals surface area contributed by atoms with Gasteiger partial charge in [0, 0.05) is 59.8 Å². The number of ether oxygens (including phenoxy) is 1. The number of nitrogens with zero attached hydrogens (tertiary/aromatic N) is 5. The van der Waals surface area contributed by atoms with Gasteiger partial charge in [-0.2, -0.15) is 15.8 Å². The second-order valence-corrected chi connectivity index (χ2v) is 8.89. The summed E-state index contributed by atoms with van der Waals surface area (Å²) in [6, 6.07) is 13.9. The second-order valence-electron chi connectivity index (χ2n) is 7.70. The van der Waals surface area contributed by atoms with Crippen LogP contribution in [-0.4, -0.2) is 41.4 Å². The first kappa shape index (κ1) is 26.2. The van der Waals surface area contributed by atoms with Crippen molar-refractivity contribution < 1.29 is 27.1 Å². The third-order valence-corrected chi connectivity index (χ3v) is 5.97. The Bertz CT molecular complexity index is 1050. The Kier molecular flexibility index (Phi) is 9.13. The first-order valence-electron chi connectivity index (χ1n) is 9.78. The molecule has 2 aliphatic rings. The van der Waals surface area contributed by atoms with Crippen molar-refractivity contribution in [1.29, 1.82) is 15.8 Å². The van der Waals surface area contributed by atoms with Gasteiger partial charge in [-0.25, -0.2) is 4.71 Å². The van der Waals surface area contributed by atoms with Crippen molar-refractivity contribution in [1.82, 2.24) is 4.90 Å². The summed E-state index contributed by atoms with van der Waals surface area (Å²) in [6.45, 7) is 7.12. The zero-order valence-electron chi connectivity index (χ0n) is 17.6. The van der Waals surface area contributed by atoms with E-state index >= 15 is 0 Å². The summed E-state index contributed by atoms with van der Waals surface area (Å²) >= 11 is 10.3. The van der Waals surface area contributed by atoms with Gasteiger partial charge in [0.1, 0.15) is 29.4 Å². The predicted molar refractivity (Wildman–Crippen MR) is 124 cm³/mol. The van der Waals surface area contributed by atoms with Gasteiger partial charge in [0.2, 0.25) is 0 Å². The molecule has 0 N–H and O–H groups in total. The maximum absolute atomic E-state index is 9.61. The fourth-order valence-electron chi connectivity index (χ4n) is 3.65. The van der Waals surface area contributed by atoms with Gasteiger partial charge in [-0.1, -0.05) is 24.3 Å². The maximum Gasteiger partial charge on any atom is 0.172 e. The van der Waals surface area contributed by atoms with Crippen LogP contribution in [0.1, 0.15) is 19.4 Å². The van der Waals surface area contributed by atoms with Crippen molar-refractivity contribution in [2.24, 2.45) is 0 Å². The van der Waals surface area contributed by atoms with Crippen LogP contribution in [0.4, 0.5) is 5.69 Å². The van der Waals surface area contributed by atoms with E-state index < -0.39 is 5.60 Å². The van der Waals surface area contributed by atoms with Crippen LogP contribution in [0.3, 0.4) is 0 Å². The second kappa shape index (κ2) is 11.2. The molecule has 0 aromatic heterocycles. The van der Waals surface area contributed by atoms with Crippen LogP contribution in [0.2, 0.25) is 0 Å². The molecular formula is C23H21AuN5OS2-2. The largest absolute Gasteiger partial charge is 0.800 e. The topological polar surface area (TPSA) is 87.1 Å². The minimum absolute atomic E-state index is 0. The number of benzene rings is 1. The summed E-state index contributed by atoms with van der Waals surface area (Å²) in [5.74, 6) is 0.0482. The van der Waals surface area contributed by atoms with Crippen molar-refractivity contribution >= 4 is 37.0 Å². The van der Waals surface area contributed by atoms with E-state index in [2.05, 4.69) is 28.0 Å². The first-order valence-corrected chi connectivity index (χ1v) is 10.7. The molecule has 1 aromatic rings. The maximum atomic E-state index is 9.61. The van der Waals surface area contributed by atoms with Gasteiger partial charge < -0.3 is 39.8 Å². The number of nitriles is 3. The van der Waals surface area contributed by atoms with E-state index in [1.165, 1.54) is 0 Å². The zero-order chi connectivity index (χ0) is 22.6. The van der Waals surface area contributed by atoms with Gasteiger partial charge in [-0.3, -0.25) is 0 Å². The molecule has 0 amide bonds. The number of allylic oxidation sites excluding steroid dienone is 2. The minimum Gasteiger partial charge on any atom is -0.800 e. The van der Waals surface area contributed by atoms with Crippen molar-refractivity contribution in [3.63, 3.8) is 0 Å². The van der Waals surface area contributed by atoms with E-state index in [-0.39, 0.29) is 44.0 Å². The molecule has 6 nitrogen and oxygen atoms in total. The van der Waals surface area contributed by atoms with Gasteiger partial charge in [-0.05, 0) is 31.5 Å². The van der Waals surface area contributed by atoms with Gasteiger partial charge >= 0.3 is 0 Å². The van der Waals surface area contributed by atoms with E-state index in [0.29, 0.717) is 5.57 Å². The number of anilines is 1. The van der Waals surface area contributed by atoms with Crippen LogP contribution >= 0.6 is 0 Å². The molecule has 2 heterocycles. The van der Waals surface area contributed by atoms with Crippen LogP contribution < -0.4 is 4.90 Å². The molecule has 1 radical (unpaired) electrons. The Morgan fingerprint density at radius 2 is 1.62 bits per heavy atom. The summed E-state index contributed by atoms with van der Waals surface area (Å²) < 4.78 is 5.53. The van der Waals surface area contributed by atoms with Crippen LogP contribution in [0.15, 0.2) is 52.8 Å². The molecule has 0 spiro atoms. The average molecular weight is 645 g/mol. The molecule has 1 saturated heterocycles. The summed E-state index contributed by atoms with van der Waals surface area (Å²) in [6.07, 6.45) is 3.72. The molecule has 0 bridgehead atoms. The average Bonchev–Trinajstić information content (AvgIpc) is 3.03. The molecule has 1 fully saturated rings. The van der Waals surface area contributed by atoms with E-state index in [1.807, 2.05) is 38.1 Å². The Morgan fingerprint density at radius 3 is 2.12 bits per heavy atom. The van der Waals surface area contributed by atoms with Crippen molar-refractivity contribution in [3.05, 3.63) is 58.4 Å². The Hall–Kier alpha value is -2.09. The summed E-state index contributed by atoms with van der Waals surface area (Å²) in [5, 5.41) is 27.9. The Balaban J connectivity index is 0.00000363. The van der Waals surface area contributed by atoms with Gasteiger partial charge in [0.05, 0.1) is 0 Å². The SMILES string of the molecule is CC1(C)OC(=C(C#N)C#N)C(C#N)=C1/C=C/c1ccc(N2CCN(C([S-])[S-])CC2)cc1.[Au]. The molecule has 3 rings (SSSR count). The van der Waals surface area contributed by atoms with Gasteiger partial charge in [0.25, 0.3) is 0 Å². The molecule has 0 atom stereocenters. The third-order valence-electron chi connectivity index (χ3n) is 5.38. The molecular weight excluding hydrogens is 623 g/mol. The first-order chi connectivity index (χ1) is 14.8. The molecule has 0 unspecified atom stereocenters. The molecule has 32 heavy (non-hydrogen) atoms. The third kappa shape index (κ3) is 5.63. The summed E-state index contributed by atoms with van der Waals surface area (Å²) in [7, 11) is 0. The van der Waals surface area contributed by atoms with E-state index in [1.54, 1.807) is 12.1 Å². The summed E-state index contributed by atoms with van der Waals surface area (Å²) in [4.78, 5) is 4.43. The quantitative estimate of drug-likeness (QED) is 0.281. The van der Waals surface area contributed by atoms with Crippen LogP contribution in [0.5, 0.6) is 0 Å². The Labute approximate surface area is 215 Å². The fraction of sp³-hybridized carbons (Fsp3) is 0.348. The number of rotatable bonds is 4. The standard InChI is InChI=1S/C23H23N5OS2.Au/c1-23(2)20(19(15-26)21(29-23)17(13-24)14-25)8-5-16-3-6-18(7-4-16)27-9-11-28(12-10-27)22(30)31;/h3-8,22,30-31H,9-12H2,1-2H3;/p-2/b8-5+;. The van der Waals surface area contributed by atoms with Crippen molar-refractivity contribution in [2.75, 3.05) is 31.1 Å². The monoisotopic (exact) mass is 644 g/mol. The molecule has 2 aliphatic heterocycles. The molecule has 9 heteroatoms. The predicted octanol–water partition coefficient (Wildman–Crippen LogP) is 3.13. The fourth-order valence-corrected chi connectivity index (χ4v) is 4.07. The molecule has 169 valence electrons. The van der Waals surface area contributed by atoms with Gasteiger partial charge in [0.15, 0.2) is 11.3 Å². The number of hydrogen-bond donors (Lipinski definition) is 0. The van der Waals surface area contributed by atoms with Crippen LogP contribution in [0.25, 0.3) is 6.08 Å². The van der Waals surface area contributed by atoms with E-state index in [0.717, 1.165) is 37.4 Å². The van der Waals surface area contributed by atoms with Gasteiger partial charge in [-0.15, -0.1) is 0 Å². The van der Waals surface area contributed by atoms with Crippen LogP contribution in [-0.2, 0) is 52.4 Å². The Morgan fingerprint density at radius 1 is 1.03 bits per heavy atom. The molecule has 0 saturated carbocycles. The normalized spacial score (nSPS) is 18.1.